The monoisotopic (exact) mass is 345 g/mol. The predicted octanol–water partition coefficient (Wildman–Crippen LogP) is 3.95. The number of benzene rings is 2. The summed E-state index contributed by atoms with van der Waals surface area (Å²) in [5.41, 5.74) is 2.85. The summed E-state index contributed by atoms with van der Waals surface area (Å²) in [6.07, 6.45) is 0. The maximum atomic E-state index is 12.4. The molecule has 0 saturated heterocycles. The Morgan fingerprint density at radius 1 is 1.08 bits per heavy atom. The van der Waals surface area contributed by atoms with Crippen LogP contribution in [0.5, 0.6) is 0 Å². The van der Waals surface area contributed by atoms with Gasteiger partial charge in [0, 0.05) is 22.7 Å². The second kappa shape index (κ2) is 6.49. The van der Waals surface area contributed by atoms with Gasteiger partial charge in [-0.1, -0.05) is 26.8 Å². The van der Waals surface area contributed by atoms with E-state index in [1.165, 1.54) is 0 Å². The van der Waals surface area contributed by atoms with Crippen molar-refractivity contribution in [3.63, 3.8) is 0 Å². The standard InChI is InChI=1S/C21H19N3O2/c1-21(2,3)17-11-19(25)24-18-10-15(8-9-16(17)18)23-20(26)14-6-4-13(12-22)5-7-14/h4-11H,1-3H3,(H,23,26)(H,24,25). The molecule has 0 unspecified atom stereocenters. The van der Waals surface area contributed by atoms with E-state index in [0.717, 1.165) is 10.9 Å². The summed E-state index contributed by atoms with van der Waals surface area (Å²) in [7, 11) is 0. The number of aromatic amines is 1. The third kappa shape index (κ3) is 3.50. The second-order valence-electron chi connectivity index (χ2n) is 7.20. The minimum Gasteiger partial charge on any atom is -0.322 e. The normalized spacial score (nSPS) is 11.2. The summed E-state index contributed by atoms with van der Waals surface area (Å²) in [5.74, 6) is -0.275. The molecule has 2 N–H and O–H groups in total. The van der Waals surface area contributed by atoms with Crippen molar-refractivity contribution in [2.75, 3.05) is 5.32 Å². The van der Waals surface area contributed by atoms with Crippen LogP contribution < -0.4 is 10.9 Å². The SMILES string of the molecule is CC(C)(C)c1cc(=O)[nH]c2cc(NC(=O)c3ccc(C#N)cc3)ccc12. The van der Waals surface area contributed by atoms with E-state index in [2.05, 4.69) is 31.1 Å². The molecule has 1 aromatic heterocycles. The summed E-state index contributed by atoms with van der Waals surface area (Å²) in [6.45, 7) is 6.17. The van der Waals surface area contributed by atoms with Gasteiger partial charge >= 0.3 is 0 Å². The Hall–Kier alpha value is -3.39. The van der Waals surface area contributed by atoms with Gasteiger partial charge in [0.2, 0.25) is 5.56 Å². The zero-order chi connectivity index (χ0) is 18.9. The Bertz CT molecular complexity index is 1080. The first-order valence-corrected chi connectivity index (χ1v) is 8.27. The van der Waals surface area contributed by atoms with Crippen molar-refractivity contribution in [2.24, 2.45) is 0 Å². The second-order valence-corrected chi connectivity index (χ2v) is 7.20. The van der Waals surface area contributed by atoms with E-state index in [1.54, 1.807) is 36.4 Å². The number of rotatable bonds is 2. The summed E-state index contributed by atoms with van der Waals surface area (Å²) < 4.78 is 0. The largest absolute Gasteiger partial charge is 0.322 e. The molecular weight excluding hydrogens is 326 g/mol. The highest BCUT2D eigenvalue weighted by Crippen LogP contribution is 2.29. The maximum Gasteiger partial charge on any atom is 0.255 e. The molecule has 0 bridgehead atoms. The van der Waals surface area contributed by atoms with Crippen LogP contribution in [0.3, 0.4) is 0 Å². The van der Waals surface area contributed by atoms with Crippen LogP contribution in [0.15, 0.2) is 53.3 Å². The van der Waals surface area contributed by atoms with Gasteiger partial charge in [0.25, 0.3) is 5.91 Å². The molecule has 1 heterocycles. The number of carbonyl (C=O) groups excluding carboxylic acids is 1. The lowest BCUT2D eigenvalue weighted by atomic mass is 9.85. The molecule has 0 fully saturated rings. The number of anilines is 1. The predicted molar refractivity (Wildman–Crippen MR) is 102 cm³/mol. The van der Waals surface area contributed by atoms with Crippen LogP contribution in [0, 0.1) is 11.3 Å². The average molecular weight is 345 g/mol. The van der Waals surface area contributed by atoms with Crippen molar-refractivity contribution in [3.8, 4) is 6.07 Å². The van der Waals surface area contributed by atoms with Crippen molar-refractivity contribution in [3.05, 3.63) is 75.6 Å². The van der Waals surface area contributed by atoms with Crippen molar-refractivity contribution in [2.45, 2.75) is 26.2 Å². The summed E-state index contributed by atoms with van der Waals surface area (Å²) >= 11 is 0. The van der Waals surface area contributed by atoms with Gasteiger partial charge < -0.3 is 10.3 Å². The minimum absolute atomic E-state index is 0.167. The Kier molecular flexibility index (Phi) is 4.35. The summed E-state index contributed by atoms with van der Waals surface area (Å²) in [4.78, 5) is 27.2. The number of nitriles is 1. The molecule has 0 radical (unpaired) electrons. The van der Waals surface area contributed by atoms with Crippen molar-refractivity contribution in [1.82, 2.24) is 4.98 Å². The lowest BCUT2D eigenvalue weighted by Crippen LogP contribution is -2.17. The fourth-order valence-corrected chi connectivity index (χ4v) is 2.86. The molecule has 26 heavy (non-hydrogen) atoms. The van der Waals surface area contributed by atoms with Crippen LogP contribution >= 0.6 is 0 Å². The van der Waals surface area contributed by atoms with E-state index in [4.69, 9.17) is 5.26 Å². The van der Waals surface area contributed by atoms with Crippen LogP contribution in [0.1, 0.15) is 42.3 Å². The van der Waals surface area contributed by atoms with Crippen LogP contribution in [-0.4, -0.2) is 10.9 Å². The van der Waals surface area contributed by atoms with Gasteiger partial charge in [-0.05, 0) is 47.4 Å². The smallest absolute Gasteiger partial charge is 0.255 e. The molecule has 3 rings (SSSR count). The molecule has 0 aliphatic carbocycles. The maximum absolute atomic E-state index is 12.4. The number of hydrogen-bond donors (Lipinski definition) is 2. The molecule has 5 heteroatoms. The highest BCUT2D eigenvalue weighted by atomic mass is 16.1. The summed E-state index contributed by atoms with van der Waals surface area (Å²) in [5, 5.41) is 12.6. The number of nitrogens with one attached hydrogen (secondary N) is 2. The van der Waals surface area contributed by atoms with Gasteiger partial charge in [0.1, 0.15) is 0 Å². The molecule has 1 amide bonds. The van der Waals surface area contributed by atoms with E-state index >= 15 is 0 Å². The lowest BCUT2D eigenvalue weighted by Gasteiger charge is -2.21. The van der Waals surface area contributed by atoms with Gasteiger partial charge in [-0.2, -0.15) is 5.26 Å². The van der Waals surface area contributed by atoms with Crippen LogP contribution in [0.4, 0.5) is 5.69 Å². The molecule has 5 nitrogen and oxygen atoms in total. The average Bonchev–Trinajstić information content (AvgIpc) is 2.60. The van der Waals surface area contributed by atoms with E-state index in [-0.39, 0.29) is 16.9 Å². The zero-order valence-corrected chi connectivity index (χ0v) is 14.9. The first kappa shape index (κ1) is 17.4. The molecule has 0 aliphatic heterocycles. The molecule has 0 aliphatic rings. The molecule has 0 saturated carbocycles. The van der Waals surface area contributed by atoms with E-state index in [0.29, 0.717) is 22.3 Å². The van der Waals surface area contributed by atoms with E-state index in [9.17, 15) is 9.59 Å². The van der Waals surface area contributed by atoms with Gasteiger partial charge in [-0.3, -0.25) is 9.59 Å². The molecule has 130 valence electrons. The number of aromatic nitrogens is 1. The van der Waals surface area contributed by atoms with Crippen molar-refractivity contribution < 1.29 is 4.79 Å². The summed E-state index contributed by atoms with van der Waals surface area (Å²) in [6, 6.07) is 15.5. The highest BCUT2D eigenvalue weighted by Gasteiger charge is 2.18. The number of pyridine rings is 1. The number of nitrogens with zero attached hydrogens (tertiary/aromatic N) is 1. The van der Waals surface area contributed by atoms with Crippen molar-refractivity contribution >= 4 is 22.5 Å². The molecule has 0 atom stereocenters. The molecular formula is C21H19N3O2. The van der Waals surface area contributed by atoms with Gasteiger partial charge in [-0.15, -0.1) is 0 Å². The fourth-order valence-electron chi connectivity index (χ4n) is 2.86. The van der Waals surface area contributed by atoms with Crippen LogP contribution in [0.2, 0.25) is 0 Å². The Labute approximate surface area is 151 Å². The molecule has 3 aromatic rings. The molecule has 0 spiro atoms. The third-order valence-electron chi connectivity index (χ3n) is 4.19. The Balaban J connectivity index is 1.95. The van der Waals surface area contributed by atoms with E-state index < -0.39 is 0 Å². The van der Waals surface area contributed by atoms with Gasteiger partial charge in [0.15, 0.2) is 0 Å². The first-order valence-electron chi connectivity index (χ1n) is 8.27. The Morgan fingerprint density at radius 2 is 1.77 bits per heavy atom. The quantitative estimate of drug-likeness (QED) is 0.737. The number of fused-ring (bicyclic) bond motifs is 1. The number of carbonyl (C=O) groups is 1. The van der Waals surface area contributed by atoms with Crippen molar-refractivity contribution in [1.29, 1.82) is 5.26 Å². The van der Waals surface area contributed by atoms with Crippen LogP contribution in [0.25, 0.3) is 10.9 Å². The number of H-pyrrole nitrogens is 1. The zero-order valence-electron chi connectivity index (χ0n) is 14.9. The fraction of sp³-hybridized carbons (Fsp3) is 0.190. The van der Waals surface area contributed by atoms with Gasteiger partial charge in [0.05, 0.1) is 17.1 Å². The lowest BCUT2D eigenvalue weighted by molar-refractivity contribution is 0.102. The minimum atomic E-state index is -0.275. The van der Waals surface area contributed by atoms with Gasteiger partial charge in [-0.25, -0.2) is 0 Å². The Morgan fingerprint density at radius 3 is 2.38 bits per heavy atom. The van der Waals surface area contributed by atoms with Crippen LogP contribution in [-0.2, 0) is 5.41 Å². The number of amides is 1. The first-order chi connectivity index (χ1) is 12.3. The molecule has 2 aromatic carbocycles. The highest BCUT2D eigenvalue weighted by molar-refractivity contribution is 6.05. The topological polar surface area (TPSA) is 85.8 Å². The third-order valence-corrected chi connectivity index (χ3v) is 4.19. The van der Waals surface area contributed by atoms with E-state index in [1.807, 2.05) is 18.2 Å². The number of hydrogen-bond acceptors (Lipinski definition) is 3.